The van der Waals surface area contributed by atoms with Gasteiger partial charge in [0.25, 0.3) is 0 Å². The molecule has 1 saturated carbocycles. The average Bonchev–Trinajstić information content (AvgIpc) is 2.51. The van der Waals surface area contributed by atoms with Crippen LogP contribution in [-0.4, -0.2) is 34.8 Å². The van der Waals surface area contributed by atoms with Gasteiger partial charge < -0.3 is 20.9 Å². The normalized spacial score (nSPS) is 17.6. The Morgan fingerprint density at radius 1 is 1.33 bits per heavy atom. The van der Waals surface area contributed by atoms with E-state index in [9.17, 15) is 5.11 Å². The van der Waals surface area contributed by atoms with E-state index in [0.29, 0.717) is 37.2 Å². The fourth-order valence-corrected chi connectivity index (χ4v) is 2.84. The van der Waals surface area contributed by atoms with Crippen molar-refractivity contribution in [2.24, 2.45) is 5.41 Å². The van der Waals surface area contributed by atoms with Gasteiger partial charge in [-0.25, -0.2) is 9.97 Å². The number of aliphatic hydroxyl groups is 1. The van der Waals surface area contributed by atoms with Crippen molar-refractivity contribution in [2.75, 3.05) is 30.8 Å². The first kappa shape index (κ1) is 16.0. The van der Waals surface area contributed by atoms with Gasteiger partial charge in [0.1, 0.15) is 18.2 Å². The molecule has 0 aromatic carbocycles. The first-order valence-corrected chi connectivity index (χ1v) is 7.73. The maximum atomic E-state index is 9.73. The Kier molecular flexibility index (Phi) is 5.76. The number of hydrogen-bond acceptors (Lipinski definition) is 6. The van der Waals surface area contributed by atoms with Crippen molar-refractivity contribution in [3.8, 4) is 0 Å². The minimum Gasteiger partial charge on any atom is -0.396 e. The average molecular weight is 294 g/mol. The molecule has 0 bridgehead atoms. The Bertz CT molecular complexity index is 447. The highest BCUT2D eigenvalue weighted by molar-refractivity contribution is 5.44. The number of rotatable bonds is 7. The minimum absolute atomic E-state index is 0.0297. The molecule has 4 N–H and O–H groups in total. The van der Waals surface area contributed by atoms with Gasteiger partial charge >= 0.3 is 0 Å². The highest BCUT2D eigenvalue weighted by Crippen LogP contribution is 2.35. The largest absolute Gasteiger partial charge is 0.396 e. The zero-order valence-electron chi connectivity index (χ0n) is 12.8. The number of anilines is 2. The number of nitrogen functional groups attached to an aromatic ring is 1. The summed E-state index contributed by atoms with van der Waals surface area (Å²) in [5.74, 6) is 1.72. The molecule has 0 amide bonds. The number of hydrogen-bond donors (Lipinski definition) is 3. The Morgan fingerprint density at radius 2 is 2.10 bits per heavy atom. The van der Waals surface area contributed by atoms with E-state index in [1.165, 1.54) is 19.3 Å². The number of aliphatic hydroxyl groups excluding tert-OH is 1. The predicted molar refractivity (Wildman–Crippen MR) is 82.9 cm³/mol. The first-order chi connectivity index (χ1) is 10.2. The molecule has 2 rings (SSSR count). The van der Waals surface area contributed by atoms with Crippen LogP contribution in [0.3, 0.4) is 0 Å². The molecule has 6 heteroatoms. The summed E-state index contributed by atoms with van der Waals surface area (Å²) < 4.78 is 5.32. The van der Waals surface area contributed by atoms with Crippen LogP contribution in [0.2, 0.25) is 0 Å². The maximum Gasteiger partial charge on any atom is 0.158 e. The Hall–Kier alpha value is -1.40. The molecular weight excluding hydrogens is 268 g/mol. The van der Waals surface area contributed by atoms with Crippen LogP contribution in [0.4, 0.5) is 11.6 Å². The lowest BCUT2D eigenvalue weighted by Gasteiger charge is -2.35. The Morgan fingerprint density at radius 3 is 2.76 bits per heavy atom. The molecule has 1 fully saturated rings. The molecular formula is C15H26N4O2. The molecule has 6 nitrogen and oxygen atoms in total. The van der Waals surface area contributed by atoms with Gasteiger partial charge in [0.2, 0.25) is 0 Å². The van der Waals surface area contributed by atoms with Crippen molar-refractivity contribution in [3.05, 3.63) is 11.9 Å². The van der Waals surface area contributed by atoms with Crippen LogP contribution in [0.5, 0.6) is 0 Å². The fourth-order valence-electron chi connectivity index (χ4n) is 2.84. The molecule has 0 atom stereocenters. The van der Waals surface area contributed by atoms with Gasteiger partial charge in [0, 0.05) is 24.6 Å². The summed E-state index contributed by atoms with van der Waals surface area (Å²) in [5.41, 5.74) is 5.78. The van der Waals surface area contributed by atoms with Crippen LogP contribution in [-0.2, 0) is 11.3 Å². The van der Waals surface area contributed by atoms with Gasteiger partial charge in [-0.1, -0.05) is 19.3 Å². The molecule has 1 heterocycles. The number of ether oxygens (including phenoxy) is 1. The van der Waals surface area contributed by atoms with E-state index in [2.05, 4.69) is 15.3 Å². The van der Waals surface area contributed by atoms with Gasteiger partial charge in [0.15, 0.2) is 5.82 Å². The third kappa shape index (κ3) is 4.54. The second kappa shape index (κ2) is 7.56. The zero-order chi connectivity index (χ0) is 15.1. The van der Waals surface area contributed by atoms with Crippen LogP contribution in [0, 0.1) is 5.41 Å². The quantitative estimate of drug-likeness (QED) is 0.711. The molecule has 21 heavy (non-hydrogen) atoms. The number of nitrogens with two attached hydrogens (primary N) is 1. The summed E-state index contributed by atoms with van der Waals surface area (Å²) in [6.07, 6.45) is 5.75. The Labute approximate surface area is 126 Å². The second-order valence-electron chi connectivity index (χ2n) is 5.80. The van der Waals surface area contributed by atoms with E-state index in [1.54, 1.807) is 6.07 Å². The van der Waals surface area contributed by atoms with Crippen molar-refractivity contribution in [1.29, 1.82) is 0 Å². The lowest BCUT2D eigenvalue weighted by Crippen LogP contribution is -2.35. The number of nitrogens with zero attached hydrogens (tertiary/aromatic N) is 2. The van der Waals surface area contributed by atoms with Crippen molar-refractivity contribution in [3.63, 3.8) is 0 Å². The van der Waals surface area contributed by atoms with Gasteiger partial charge in [-0.15, -0.1) is 0 Å². The van der Waals surface area contributed by atoms with E-state index in [-0.39, 0.29) is 12.0 Å². The van der Waals surface area contributed by atoms with Gasteiger partial charge in [-0.05, 0) is 19.8 Å². The van der Waals surface area contributed by atoms with E-state index >= 15 is 0 Å². The summed E-state index contributed by atoms with van der Waals surface area (Å²) in [7, 11) is 0. The molecule has 1 aliphatic rings. The lowest BCUT2D eigenvalue weighted by atomic mass is 9.74. The molecule has 1 aromatic heterocycles. The molecule has 0 spiro atoms. The van der Waals surface area contributed by atoms with Crippen LogP contribution in [0.25, 0.3) is 0 Å². The third-order valence-electron chi connectivity index (χ3n) is 4.12. The summed E-state index contributed by atoms with van der Waals surface area (Å²) in [6.45, 7) is 3.84. The Balaban J connectivity index is 1.99. The van der Waals surface area contributed by atoms with Gasteiger partial charge in [-0.3, -0.25) is 0 Å². The van der Waals surface area contributed by atoms with E-state index in [0.717, 1.165) is 12.8 Å². The summed E-state index contributed by atoms with van der Waals surface area (Å²) in [5, 5.41) is 13.0. The molecule has 0 aliphatic heterocycles. The highest BCUT2D eigenvalue weighted by Gasteiger charge is 2.31. The SMILES string of the molecule is CCOCc1nc(N)cc(NCC2(CO)CCCCC2)n1. The molecule has 1 aromatic rings. The van der Waals surface area contributed by atoms with Crippen LogP contribution in [0.1, 0.15) is 44.9 Å². The van der Waals surface area contributed by atoms with E-state index < -0.39 is 0 Å². The summed E-state index contributed by atoms with van der Waals surface area (Å²) >= 11 is 0. The third-order valence-corrected chi connectivity index (χ3v) is 4.12. The minimum atomic E-state index is -0.0297. The van der Waals surface area contributed by atoms with Crippen molar-refractivity contribution < 1.29 is 9.84 Å². The van der Waals surface area contributed by atoms with E-state index in [4.69, 9.17) is 10.5 Å². The second-order valence-corrected chi connectivity index (χ2v) is 5.80. The number of aromatic nitrogens is 2. The van der Waals surface area contributed by atoms with E-state index in [1.807, 2.05) is 6.92 Å². The van der Waals surface area contributed by atoms with Gasteiger partial charge in [0.05, 0.1) is 6.61 Å². The highest BCUT2D eigenvalue weighted by atomic mass is 16.5. The monoisotopic (exact) mass is 294 g/mol. The molecule has 0 saturated heterocycles. The maximum absolute atomic E-state index is 9.73. The summed E-state index contributed by atoms with van der Waals surface area (Å²) in [6, 6.07) is 1.73. The fraction of sp³-hybridized carbons (Fsp3) is 0.733. The van der Waals surface area contributed by atoms with Gasteiger partial charge in [-0.2, -0.15) is 0 Å². The van der Waals surface area contributed by atoms with Crippen molar-refractivity contribution in [2.45, 2.75) is 45.6 Å². The standard InChI is InChI=1S/C15H26N4O2/c1-2-21-9-14-18-12(16)8-13(19-14)17-10-15(11-20)6-4-3-5-7-15/h8,20H,2-7,9-11H2,1H3,(H3,16,17,18,19). The lowest BCUT2D eigenvalue weighted by molar-refractivity contribution is 0.0943. The summed E-state index contributed by atoms with van der Waals surface area (Å²) in [4.78, 5) is 8.57. The molecule has 1 aliphatic carbocycles. The number of nitrogens with one attached hydrogen (secondary N) is 1. The van der Waals surface area contributed by atoms with Crippen molar-refractivity contribution in [1.82, 2.24) is 9.97 Å². The molecule has 118 valence electrons. The smallest absolute Gasteiger partial charge is 0.158 e. The topological polar surface area (TPSA) is 93.3 Å². The van der Waals surface area contributed by atoms with Crippen LogP contribution >= 0.6 is 0 Å². The van der Waals surface area contributed by atoms with Crippen LogP contribution < -0.4 is 11.1 Å². The predicted octanol–water partition coefficient (Wildman–Crippen LogP) is 1.95. The molecule has 0 unspecified atom stereocenters. The molecule has 0 radical (unpaired) electrons. The van der Waals surface area contributed by atoms with Crippen molar-refractivity contribution >= 4 is 11.6 Å². The zero-order valence-corrected chi connectivity index (χ0v) is 12.8. The van der Waals surface area contributed by atoms with Crippen LogP contribution in [0.15, 0.2) is 6.07 Å². The first-order valence-electron chi connectivity index (χ1n) is 7.73.